The molecule has 0 N–H and O–H groups in total. The molecule has 0 unspecified atom stereocenters. The molecule has 1 aromatic carbocycles. The molecule has 0 aliphatic rings. The maximum atomic E-state index is 11.9. The predicted octanol–water partition coefficient (Wildman–Crippen LogP) is 3.85. The maximum Gasteiger partial charge on any atom is 0.239 e. The highest BCUT2D eigenvalue weighted by Gasteiger charge is 2.07. The van der Waals surface area contributed by atoms with Crippen LogP contribution in [0.15, 0.2) is 24.3 Å². The van der Waals surface area contributed by atoms with Crippen LogP contribution in [-0.2, 0) is 0 Å². The largest absolute Gasteiger partial charge is 0.496 e. The molecule has 18 heavy (non-hydrogen) atoms. The molecule has 2 heteroatoms. The van der Waals surface area contributed by atoms with Crippen LogP contribution in [0, 0.1) is 11.8 Å². The van der Waals surface area contributed by atoms with Crippen molar-refractivity contribution in [2.75, 3.05) is 7.11 Å². The first-order valence-corrected chi connectivity index (χ1v) is 6.45. The summed E-state index contributed by atoms with van der Waals surface area (Å²) in [4.78, 5) is 11.9. The van der Waals surface area contributed by atoms with E-state index in [2.05, 4.69) is 18.8 Å². The van der Waals surface area contributed by atoms with Crippen LogP contribution < -0.4 is 4.74 Å². The number of benzene rings is 1. The number of ether oxygens (including phenoxy) is 1. The van der Waals surface area contributed by atoms with E-state index in [1.807, 2.05) is 12.1 Å². The summed E-state index contributed by atoms with van der Waals surface area (Å²) >= 11 is 0. The zero-order valence-corrected chi connectivity index (χ0v) is 11.2. The van der Waals surface area contributed by atoms with Gasteiger partial charge in [0.15, 0.2) is 0 Å². The second-order valence-corrected chi connectivity index (χ2v) is 4.14. The van der Waals surface area contributed by atoms with E-state index in [4.69, 9.17) is 4.74 Å². The SMILES string of the molecule is CCCCCCC#CC(=O)c1ccccc1OC. The minimum absolute atomic E-state index is 0.164. The van der Waals surface area contributed by atoms with Crippen LogP contribution in [0.5, 0.6) is 5.75 Å². The fraction of sp³-hybridized carbons (Fsp3) is 0.438. The highest BCUT2D eigenvalue weighted by atomic mass is 16.5. The van der Waals surface area contributed by atoms with E-state index < -0.39 is 0 Å². The molecule has 0 spiro atoms. The third kappa shape index (κ3) is 4.63. The molecule has 0 aromatic heterocycles. The summed E-state index contributed by atoms with van der Waals surface area (Å²) in [5, 5.41) is 0. The Morgan fingerprint density at radius 1 is 1.22 bits per heavy atom. The van der Waals surface area contributed by atoms with Crippen LogP contribution in [0.1, 0.15) is 49.4 Å². The molecule has 0 amide bonds. The highest BCUT2D eigenvalue weighted by Crippen LogP contribution is 2.17. The molecule has 2 nitrogen and oxygen atoms in total. The Kier molecular flexibility index (Phi) is 6.64. The van der Waals surface area contributed by atoms with Crippen molar-refractivity contribution in [1.29, 1.82) is 0 Å². The minimum atomic E-state index is -0.164. The number of rotatable bonds is 6. The number of para-hydroxylation sites is 1. The van der Waals surface area contributed by atoms with Gasteiger partial charge < -0.3 is 4.74 Å². The van der Waals surface area contributed by atoms with Gasteiger partial charge in [0.05, 0.1) is 12.7 Å². The summed E-state index contributed by atoms with van der Waals surface area (Å²) in [5.41, 5.74) is 0.543. The predicted molar refractivity (Wildman–Crippen MR) is 73.9 cm³/mol. The van der Waals surface area contributed by atoms with Crippen molar-refractivity contribution in [1.82, 2.24) is 0 Å². The second kappa shape index (κ2) is 8.36. The summed E-state index contributed by atoms with van der Waals surface area (Å²) < 4.78 is 5.14. The summed E-state index contributed by atoms with van der Waals surface area (Å²) in [6, 6.07) is 7.18. The summed E-state index contributed by atoms with van der Waals surface area (Å²) in [6.45, 7) is 2.18. The van der Waals surface area contributed by atoms with Crippen molar-refractivity contribution < 1.29 is 9.53 Å². The Hall–Kier alpha value is -1.75. The van der Waals surface area contributed by atoms with Gasteiger partial charge in [-0.25, -0.2) is 0 Å². The smallest absolute Gasteiger partial charge is 0.239 e. The summed E-state index contributed by atoms with van der Waals surface area (Å²) in [5.74, 6) is 6.04. The van der Waals surface area contributed by atoms with Gasteiger partial charge in [0.2, 0.25) is 5.78 Å². The zero-order chi connectivity index (χ0) is 13.2. The molecule has 1 aromatic rings. The van der Waals surface area contributed by atoms with Crippen LogP contribution in [0.2, 0.25) is 0 Å². The number of hydrogen-bond donors (Lipinski definition) is 0. The molecule has 0 fully saturated rings. The van der Waals surface area contributed by atoms with Crippen molar-refractivity contribution in [2.45, 2.75) is 39.0 Å². The van der Waals surface area contributed by atoms with Crippen molar-refractivity contribution in [3.05, 3.63) is 29.8 Å². The number of unbranched alkanes of at least 4 members (excludes halogenated alkanes) is 4. The van der Waals surface area contributed by atoms with Crippen LogP contribution in [-0.4, -0.2) is 12.9 Å². The Morgan fingerprint density at radius 3 is 2.72 bits per heavy atom. The second-order valence-electron chi connectivity index (χ2n) is 4.14. The van der Waals surface area contributed by atoms with E-state index >= 15 is 0 Å². The van der Waals surface area contributed by atoms with Crippen molar-refractivity contribution in [3.8, 4) is 17.6 Å². The van der Waals surface area contributed by atoms with Gasteiger partial charge in [0.25, 0.3) is 0 Å². The van der Waals surface area contributed by atoms with E-state index in [9.17, 15) is 4.79 Å². The lowest BCUT2D eigenvalue weighted by molar-refractivity contribution is 0.105. The number of hydrogen-bond acceptors (Lipinski definition) is 2. The number of ketones is 1. The Morgan fingerprint density at radius 2 is 2.00 bits per heavy atom. The molecule has 0 radical (unpaired) electrons. The van der Waals surface area contributed by atoms with Crippen molar-refractivity contribution >= 4 is 5.78 Å². The van der Waals surface area contributed by atoms with E-state index in [0.29, 0.717) is 11.3 Å². The zero-order valence-electron chi connectivity index (χ0n) is 11.2. The quantitative estimate of drug-likeness (QED) is 0.329. The average molecular weight is 244 g/mol. The molecule has 1 rings (SSSR count). The number of Topliss-reactive ketones (excluding diaryl/α,β-unsaturated/α-hetero) is 1. The first-order valence-electron chi connectivity index (χ1n) is 6.45. The van der Waals surface area contributed by atoms with Crippen LogP contribution in [0.3, 0.4) is 0 Å². The lowest BCUT2D eigenvalue weighted by Gasteiger charge is -2.02. The molecule has 96 valence electrons. The molecular formula is C16H20O2. The molecule has 0 bridgehead atoms. The molecule has 0 heterocycles. The first kappa shape index (κ1) is 14.3. The van der Waals surface area contributed by atoms with E-state index in [1.165, 1.54) is 19.3 Å². The Labute approximate surface area is 109 Å². The van der Waals surface area contributed by atoms with Crippen molar-refractivity contribution in [2.24, 2.45) is 0 Å². The lowest BCUT2D eigenvalue weighted by Crippen LogP contribution is -1.98. The average Bonchev–Trinajstić information content (AvgIpc) is 2.42. The molecular weight excluding hydrogens is 224 g/mol. The van der Waals surface area contributed by atoms with Gasteiger partial charge >= 0.3 is 0 Å². The number of methoxy groups -OCH3 is 1. The monoisotopic (exact) mass is 244 g/mol. The van der Waals surface area contributed by atoms with Crippen LogP contribution in [0.25, 0.3) is 0 Å². The van der Waals surface area contributed by atoms with Gasteiger partial charge in [-0.2, -0.15) is 0 Å². The Balaban J connectivity index is 2.52. The fourth-order valence-electron chi connectivity index (χ4n) is 1.68. The van der Waals surface area contributed by atoms with Gasteiger partial charge in [-0.15, -0.1) is 0 Å². The van der Waals surface area contributed by atoms with Crippen molar-refractivity contribution in [3.63, 3.8) is 0 Å². The molecule has 0 saturated heterocycles. The van der Waals surface area contributed by atoms with Gasteiger partial charge in [0.1, 0.15) is 5.75 Å². The standard InChI is InChI=1S/C16H20O2/c1-3-4-5-6-7-8-12-15(17)14-11-9-10-13-16(14)18-2/h9-11,13H,3-7H2,1-2H3. The van der Waals surface area contributed by atoms with E-state index in [0.717, 1.165) is 12.8 Å². The van der Waals surface area contributed by atoms with Gasteiger partial charge in [-0.1, -0.05) is 44.2 Å². The van der Waals surface area contributed by atoms with Crippen LogP contribution in [0.4, 0.5) is 0 Å². The number of carbonyl (C=O) groups is 1. The lowest BCUT2D eigenvalue weighted by atomic mass is 10.1. The maximum absolute atomic E-state index is 11.9. The molecule has 0 aliphatic heterocycles. The normalized spacial score (nSPS) is 9.44. The Bertz CT molecular complexity index is 438. The third-order valence-electron chi connectivity index (χ3n) is 2.71. The molecule has 0 aliphatic carbocycles. The van der Waals surface area contributed by atoms with E-state index in [-0.39, 0.29) is 5.78 Å². The summed E-state index contributed by atoms with van der Waals surface area (Å²) in [6.07, 6.45) is 5.50. The van der Waals surface area contributed by atoms with Crippen LogP contribution >= 0.6 is 0 Å². The first-order chi connectivity index (χ1) is 8.79. The van der Waals surface area contributed by atoms with Gasteiger partial charge in [-0.3, -0.25) is 4.79 Å². The number of carbonyl (C=O) groups excluding carboxylic acids is 1. The van der Waals surface area contributed by atoms with Gasteiger partial charge in [0, 0.05) is 6.42 Å². The topological polar surface area (TPSA) is 26.3 Å². The molecule has 0 saturated carbocycles. The third-order valence-corrected chi connectivity index (χ3v) is 2.71. The highest BCUT2D eigenvalue weighted by molar-refractivity contribution is 6.10. The van der Waals surface area contributed by atoms with E-state index in [1.54, 1.807) is 19.2 Å². The fourth-order valence-corrected chi connectivity index (χ4v) is 1.68. The molecule has 0 atom stereocenters. The van der Waals surface area contributed by atoms with Gasteiger partial charge in [-0.05, 0) is 24.5 Å². The summed E-state index contributed by atoms with van der Waals surface area (Å²) in [7, 11) is 1.56. The minimum Gasteiger partial charge on any atom is -0.496 e.